The summed E-state index contributed by atoms with van der Waals surface area (Å²) in [6.07, 6.45) is -15.7. The Bertz CT molecular complexity index is 576. The van der Waals surface area contributed by atoms with Gasteiger partial charge in [0, 0.05) is 12.1 Å². The molecule has 0 heterocycles. The fourth-order valence-electron chi connectivity index (χ4n) is 1.27. The lowest BCUT2D eigenvalue weighted by molar-refractivity contribution is -0.384. The second-order valence-corrected chi connectivity index (χ2v) is 3.63. The number of non-ortho nitro benzene ring substituents is 1. The number of nitro benzene ring substituents is 1. The van der Waals surface area contributed by atoms with Crippen molar-refractivity contribution in [1.29, 1.82) is 5.26 Å². The van der Waals surface area contributed by atoms with Gasteiger partial charge in [0.1, 0.15) is 17.4 Å². The monoisotopic (exact) mass is 314 g/mol. The first-order valence-corrected chi connectivity index (χ1v) is 4.95. The van der Waals surface area contributed by atoms with E-state index < -0.39 is 40.4 Å². The Hall–Kier alpha value is -2.51. The average Bonchev–Trinajstić information content (AvgIpc) is 2.32. The van der Waals surface area contributed by atoms with Crippen LogP contribution in [-0.4, -0.2) is 23.4 Å². The zero-order chi connectivity index (χ0) is 16.4. The number of alkyl halides is 6. The van der Waals surface area contributed by atoms with Crippen LogP contribution in [0, 0.1) is 21.4 Å². The fourth-order valence-corrected chi connectivity index (χ4v) is 1.27. The van der Waals surface area contributed by atoms with E-state index in [2.05, 4.69) is 4.74 Å². The van der Waals surface area contributed by atoms with Gasteiger partial charge in [-0.25, -0.2) is 0 Å². The predicted octanol–water partition coefficient (Wildman–Crippen LogP) is 3.34. The lowest BCUT2D eigenvalue weighted by Gasteiger charge is -2.24. The molecule has 0 bridgehead atoms. The third kappa shape index (κ3) is 3.98. The Kier molecular flexibility index (Phi) is 4.31. The Balaban J connectivity index is 3.23. The van der Waals surface area contributed by atoms with Crippen LogP contribution < -0.4 is 4.74 Å². The van der Waals surface area contributed by atoms with Crippen molar-refractivity contribution in [2.24, 2.45) is 0 Å². The summed E-state index contributed by atoms with van der Waals surface area (Å²) < 4.78 is 77.7. The van der Waals surface area contributed by atoms with Crippen molar-refractivity contribution in [3.63, 3.8) is 0 Å². The van der Waals surface area contributed by atoms with Crippen LogP contribution in [-0.2, 0) is 0 Å². The second-order valence-electron chi connectivity index (χ2n) is 3.63. The highest BCUT2D eigenvalue weighted by Gasteiger charge is 2.59. The number of hydrogen-bond donors (Lipinski definition) is 0. The van der Waals surface area contributed by atoms with Crippen molar-refractivity contribution in [1.82, 2.24) is 0 Å². The van der Waals surface area contributed by atoms with Crippen molar-refractivity contribution >= 4 is 5.69 Å². The molecule has 0 aromatic heterocycles. The van der Waals surface area contributed by atoms with E-state index in [0.717, 1.165) is 0 Å². The van der Waals surface area contributed by atoms with E-state index >= 15 is 0 Å². The highest BCUT2D eigenvalue weighted by atomic mass is 19.4. The number of ether oxygens (including phenoxy) is 1. The second kappa shape index (κ2) is 5.47. The van der Waals surface area contributed by atoms with Gasteiger partial charge in [-0.1, -0.05) is 0 Å². The maximum absolute atomic E-state index is 12.3. The number of nitro groups is 1. The molecule has 0 spiro atoms. The standard InChI is InChI=1S/C10H4F6N2O3/c11-9(12,13)8(10(14,15)16)21-7-2-1-6(18(19)20)3-5(7)4-17/h1-3,8H. The molecule has 0 aliphatic heterocycles. The summed E-state index contributed by atoms with van der Waals surface area (Å²) in [6.45, 7) is 0. The summed E-state index contributed by atoms with van der Waals surface area (Å²) in [5.41, 5.74) is -1.49. The van der Waals surface area contributed by atoms with Gasteiger partial charge in [-0.3, -0.25) is 10.1 Å². The maximum atomic E-state index is 12.3. The summed E-state index contributed by atoms with van der Waals surface area (Å²) in [7, 11) is 0. The summed E-state index contributed by atoms with van der Waals surface area (Å²) in [5, 5.41) is 19.0. The Morgan fingerprint density at radius 2 is 1.71 bits per heavy atom. The molecule has 0 amide bonds. The molecule has 0 unspecified atom stereocenters. The van der Waals surface area contributed by atoms with Gasteiger partial charge in [0.25, 0.3) is 11.8 Å². The molecule has 1 aromatic carbocycles. The van der Waals surface area contributed by atoms with Gasteiger partial charge < -0.3 is 4.74 Å². The molecular weight excluding hydrogens is 310 g/mol. The van der Waals surface area contributed by atoms with E-state index in [1.165, 1.54) is 6.07 Å². The summed E-state index contributed by atoms with van der Waals surface area (Å²) in [6, 6.07) is 2.87. The van der Waals surface area contributed by atoms with Crippen LogP contribution in [0.4, 0.5) is 32.0 Å². The Labute approximate surface area is 112 Å². The Morgan fingerprint density at radius 1 is 1.19 bits per heavy atom. The normalized spacial score (nSPS) is 12.1. The predicted molar refractivity (Wildman–Crippen MR) is 54.3 cm³/mol. The van der Waals surface area contributed by atoms with E-state index in [1.54, 1.807) is 0 Å². The van der Waals surface area contributed by atoms with Crippen molar-refractivity contribution in [2.45, 2.75) is 18.5 Å². The minimum Gasteiger partial charge on any atom is -0.470 e. The van der Waals surface area contributed by atoms with Crippen LogP contribution in [0.2, 0.25) is 0 Å². The molecule has 0 atom stereocenters. The van der Waals surface area contributed by atoms with Crippen LogP contribution in [0.1, 0.15) is 5.56 Å². The zero-order valence-electron chi connectivity index (χ0n) is 9.70. The SMILES string of the molecule is N#Cc1cc([N+](=O)[O-])ccc1OC(C(F)(F)F)C(F)(F)F. The molecular formula is C10H4F6N2O3. The van der Waals surface area contributed by atoms with Crippen molar-refractivity contribution in [3.05, 3.63) is 33.9 Å². The zero-order valence-corrected chi connectivity index (χ0v) is 9.70. The van der Waals surface area contributed by atoms with Crippen molar-refractivity contribution in [2.75, 3.05) is 0 Å². The average molecular weight is 314 g/mol. The first-order valence-electron chi connectivity index (χ1n) is 4.95. The van der Waals surface area contributed by atoms with Crippen molar-refractivity contribution in [3.8, 4) is 11.8 Å². The number of nitrogens with zero attached hydrogens (tertiary/aromatic N) is 2. The number of hydrogen-bond acceptors (Lipinski definition) is 4. The maximum Gasteiger partial charge on any atom is 0.434 e. The van der Waals surface area contributed by atoms with Crippen LogP contribution in [0.15, 0.2) is 18.2 Å². The van der Waals surface area contributed by atoms with Crippen LogP contribution in [0.3, 0.4) is 0 Å². The van der Waals surface area contributed by atoms with Gasteiger partial charge in [-0.2, -0.15) is 31.6 Å². The van der Waals surface area contributed by atoms with E-state index in [4.69, 9.17) is 5.26 Å². The van der Waals surface area contributed by atoms with Gasteiger partial charge in [0.05, 0.1) is 4.92 Å². The molecule has 11 heteroatoms. The number of nitriles is 1. The molecule has 0 saturated heterocycles. The highest BCUT2D eigenvalue weighted by Crippen LogP contribution is 2.37. The minimum atomic E-state index is -5.76. The fraction of sp³-hybridized carbons (Fsp3) is 0.300. The number of halogens is 6. The van der Waals surface area contributed by atoms with Gasteiger partial charge in [-0.15, -0.1) is 0 Å². The smallest absolute Gasteiger partial charge is 0.434 e. The molecule has 0 radical (unpaired) electrons. The molecule has 0 aliphatic rings. The molecule has 21 heavy (non-hydrogen) atoms. The Morgan fingerprint density at radius 3 is 2.10 bits per heavy atom. The molecule has 0 saturated carbocycles. The molecule has 0 fully saturated rings. The summed E-state index contributed by atoms with van der Waals surface area (Å²) >= 11 is 0. The highest BCUT2D eigenvalue weighted by molar-refractivity contribution is 5.50. The van der Waals surface area contributed by atoms with Crippen molar-refractivity contribution < 1.29 is 36.0 Å². The third-order valence-electron chi connectivity index (χ3n) is 2.13. The molecule has 114 valence electrons. The van der Waals surface area contributed by atoms with Gasteiger partial charge in [-0.05, 0) is 6.07 Å². The summed E-state index contributed by atoms with van der Waals surface area (Å²) in [4.78, 5) is 9.45. The minimum absolute atomic E-state index is 0.501. The van der Waals surface area contributed by atoms with Gasteiger partial charge >= 0.3 is 12.4 Å². The summed E-state index contributed by atoms with van der Waals surface area (Å²) in [5.74, 6) is -1.05. The van der Waals surface area contributed by atoms with E-state index in [0.29, 0.717) is 18.2 Å². The van der Waals surface area contributed by atoms with Crippen LogP contribution >= 0.6 is 0 Å². The van der Waals surface area contributed by atoms with E-state index in [1.807, 2.05) is 0 Å². The van der Waals surface area contributed by atoms with E-state index in [9.17, 15) is 36.5 Å². The van der Waals surface area contributed by atoms with E-state index in [-0.39, 0.29) is 0 Å². The van der Waals surface area contributed by atoms with Crippen LogP contribution in [0.25, 0.3) is 0 Å². The van der Waals surface area contributed by atoms with Gasteiger partial charge in [0.15, 0.2) is 0 Å². The molecule has 1 aromatic rings. The van der Waals surface area contributed by atoms with Gasteiger partial charge in [0.2, 0.25) is 0 Å². The first kappa shape index (κ1) is 16.5. The molecule has 1 rings (SSSR count). The first-order chi connectivity index (χ1) is 9.46. The topological polar surface area (TPSA) is 76.2 Å². The number of rotatable bonds is 3. The molecule has 5 nitrogen and oxygen atoms in total. The lowest BCUT2D eigenvalue weighted by atomic mass is 10.2. The third-order valence-corrected chi connectivity index (χ3v) is 2.13. The van der Waals surface area contributed by atoms with Crippen LogP contribution in [0.5, 0.6) is 5.75 Å². The largest absolute Gasteiger partial charge is 0.470 e. The quantitative estimate of drug-likeness (QED) is 0.487. The molecule has 0 aliphatic carbocycles. The molecule has 0 N–H and O–H groups in total. The lowest BCUT2D eigenvalue weighted by Crippen LogP contribution is -2.46. The number of benzene rings is 1.